The summed E-state index contributed by atoms with van der Waals surface area (Å²) in [7, 11) is 0. The molecule has 1 aromatic carbocycles. The Morgan fingerprint density at radius 2 is 2.04 bits per heavy atom. The average molecular weight is 335 g/mol. The molecule has 6 heteroatoms. The second-order valence-corrected chi connectivity index (χ2v) is 6.18. The van der Waals surface area contributed by atoms with E-state index < -0.39 is 17.3 Å². The molecule has 0 aliphatic rings. The number of aromatic nitrogens is 1. The summed E-state index contributed by atoms with van der Waals surface area (Å²) in [5, 5.41) is 10.1. The minimum atomic E-state index is -1.26. The maximum atomic E-state index is 13.7. The largest absolute Gasteiger partial charge is 0.490 e. The van der Waals surface area contributed by atoms with Crippen molar-refractivity contribution in [2.45, 2.75) is 40.2 Å². The van der Waals surface area contributed by atoms with Crippen LogP contribution < -0.4 is 10.3 Å². The van der Waals surface area contributed by atoms with Crippen LogP contribution in [0.4, 0.5) is 4.39 Å². The van der Waals surface area contributed by atoms with Gasteiger partial charge in [-0.15, -0.1) is 0 Å². The van der Waals surface area contributed by atoms with Gasteiger partial charge in [0.1, 0.15) is 5.82 Å². The monoisotopic (exact) mass is 335 g/mol. The molecule has 0 saturated heterocycles. The van der Waals surface area contributed by atoms with Gasteiger partial charge in [-0.3, -0.25) is 9.36 Å². The molecular weight excluding hydrogens is 313 g/mol. The summed E-state index contributed by atoms with van der Waals surface area (Å²) in [4.78, 5) is 24.5. The lowest BCUT2D eigenvalue weighted by Gasteiger charge is -2.19. The average Bonchev–Trinajstić information content (AvgIpc) is 2.50. The number of aromatic carboxylic acids is 1. The first kappa shape index (κ1) is 18.0. The number of rotatable bonds is 7. The van der Waals surface area contributed by atoms with Gasteiger partial charge in [0, 0.05) is 11.9 Å². The van der Waals surface area contributed by atoms with Crippen LogP contribution in [-0.2, 0) is 6.54 Å². The van der Waals surface area contributed by atoms with Crippen molar-refractivity contribution in [2.75, 3.05) is 6.61 Å². The predicted molar refractivity (Wildman–Crippen MR) is 90.4 cm³/mol. The predicted octanol–water partition coefficient (Wildman–Crippen LogP) is 3.67. The van der Waals surface area contributed by atoms with Gasteiger partial charge in [0.25, 0.3) is 5.56 Å². The van der Waals surface area contributed by atoms with Gasteiger partial charge in [-0.25, -0.2) is 9.18 Å². The number of carbonyl (C=O) groups is 1. The molecule has 2 aromatic rings. The van der Waals surface area contributed by atoms with Gasteiger partial charge >= 0.3 is 5.97 Å². The highest BCUT2D eigenvalue weighted by atomic mass is 19.1. The van der Waals surface area contributed by atoms with E-state index in [9.17, 15) is 19.1 Å². The summed E-state index contributed by atoms with van der Waals surface area (Å²) >= 11 is 0. The molecule has 1 N–H and O–H groups in total. The summed E-state index contributed by atoms with van der Waals surface area (Å²) in [5.41, 5.74) is -0.665. The number of hydrogen-bond acceptors (Lipinski definition) is 3. The summed E-state index contributed by atoms with van der Waals surface area (Å²) in [5.74, 6) is -1.67. The number of pyridine rings is 1. The lowest BCUT2D eigenvalue weighted by Crippen LogP contribution is -2.29. The fourth-order valence-electron chi connectivity index (χ4n) is 2.60. The molecule has 0 atom stereocenters. The second-order valence-electron chi connectivity index (χ2n) is 6.18. The van der Waals surface area contributed by atoms with E-state index in [0.717, 1.165) is 18.9 Å². The lowest BCUT2D eigenvalue weighted by molar-refractivity contribution is 0.0677. The van der Waals surface area contributed by atoms with Crippen molar-refractivity contribution in [3.05, 3.63) is 40.1 Å². The van der Waals surface area contributed by atoms with Crippen molar-refractivity contribution in [3.8, 4) is 5.75 Å². The van der Waals surface area contributed by atoms with E-state index in [1.807, 2.05) is 20.8 Å². The van der Waals surface area contributed by atoms with E-state index in [2.05, 4.69) is 0 Å². The van der Waals surface area contributed by atoms with Crippen molar-refractivity contribution in [3.63, 3.8) is 0 Å². The van der Waals surface area contributed by atoms with Crippen molar-refractivity contribution in [1.29, 1.82) is 0 Å². The molecule has 2 rings (SSSR count). The van der Waals surface area contributed by atoms with E-state index in [1.54, 1.807) is 0 Å². The van der Waals surface area contributed by atoms with Crippen molar-refractivity contribution >= 4 is 16.7 Å². The Morgan fingerprint density at radius 1 is 1.33 bits per heavy atom. The third kappa shape index (κ3) is 3.58. The normalized spacial score (nSPS) is 11.2. The number of carboxylic acids is 1. The molecule has 0 fully saturated rings. The third-order valence-electron chi connectivity index (χ3n) is 3.68. The van der Waals surface area contributed by atoms with Crippen molar-refractivity contribution < 1.29 is 19.0 Å². The summed E-state index contributed by atoms with van der Waals surface area (Å²) in [6.45, 7) is 6.33. The van der Waals surface area contributed by atoms with Gasteiger partial charge in [-0.1, -0.05) is 27.2 Å². The Balaban J connectivity index is 2.81. The third-order valence-corrected chi connectivity index (χ3v) is 3.68. The first-order valence-electron chi connectivity index (χ1n) is 8.09. The van der Waals surface area contributed by atoms with Gasteiger partial charge in [0.2, 0.25) is 0 Å². The molecule has 0 aliphatic carbocycles. The fourth-order valence-corrected chi connectivity index (χ4v) is 2.60. The Labute approximate surface area is 139 Å². The number of halogens is 1. The summed E-state index contributed by atoms with van der Waals surface area (Å²) in [6, 6.07) is 3.73. The molecule has 5 nitrogen and oxygen atoms in total. The molecule has 0 radical (unpaired) electrons. The molecule has 0 amide bonds. The quantitative estimate of drug-likeness (QED) is 0.784. The topological polar surface area (TPSA) is 68.5 Å². The summed E-state index contributed by atoms with van der Waals surface area (Å²) < 4.78 is 20.6. The highest BCUT2D eigenvalue weighted by molar-refractivity contribution is 5.98. The minimum absolute atomic E-state index is 0.0608. The van der Waals surface area contributed by atoms with E-state index >= 15 is 0 Å². The number of benzene rings is 1. The van der Waals surface area contributed by atoms with E-state index in [0.29, 0.717) is 6.61 Å². The molecule has 0 aliphatic heterocycles. The van der Waals surface area contributed by atoms with Crippen LogP contribution in [0.3, 0.4) is 0 Å². The Hall–Kier alpha value is -2.37. The Morgan fingerprint density at radius 3 is 2.62 bits per heavy atom. The first-order valence-corrected chi connectivity index (χ1v) is 8.09. The van der Waals surface area contributed by atoms with E-state index in [-0.39, 0.29) is 34.7 Å². The molecule has 0 bridgehead atoms. The van der Waals surface area contributed by atoms with Crippen LogP contribution in [0.5, 0.6) is 5.75 Å². The highest BCUT2D eigenvalue weighted by Crippen LogP contribution is 2.29. The number of ether oxygens (including phenoxy) is 1. The number of fused-ring (bicyclic) bond motifs is 1. The molecule has 24 heavy (non-hydrogen) atoms. The lowest BCUT2D eigenvalue weighted by atomic mass is 10.1. The van der Waals surface area contributed by atoms with Gasteiger partial charge in [-0.2, -0.15) is 0 Å². The van der Waals surface area contributed by atoms with Crippen LogP contribution >= 0.6 is 0 Å². The smallest absolute Gasteiger partial charge is 0.356 e. The summed E-state index contributed by atoms with van der Waals surface area (Å²) in [6.07, 6.45) is 1.61. The molecule has 0 unspecified atom stereocenters. The van der Waals surface area contributed by atoms with Crippen LogP contribution in [-0.4, -0.2) is 22.2 Å². The number of carboxylic acid groups (broad SMARTS) is 1. The zero-order chi connectivity index (χ0) is 17.9. The standard InChI is InChI=1S/C18H22FNO4/c1-4-5-8-24-16-14-9-12(19)6-7-13(14)17(21)20(10-11(2)3)15(16)18(22)23/h6-7,9,11H,4-5,8,10H2,1-3H3,(H,22,23). The zero-order valence-corrected chi connectivity index (χ0v) is 14.1. The van der Waals surface area contributed by atoms with Crippen molar-refractivity contribution in [1.82, 2.24) is 4.57 Å². The zero-order valence-electron chi connectivity index (χ0n) is 14.1. The SMILES string of the molecule is CCCCOc1c(C(=O)O)n(CC(C)C)c(=O)c2ccc(F)cc12. The van der Waals surface area contributed by atoms with Crippen LogP contribution in [0.2, 0.25) is 0 Å². The van der Waals surface area contributed by atoms with Gasteiger partial charge in [0.05, 0.1) is 12.0 Å². The van der Waals surface area contributed by atoms with E-state index in [4.69, 9.17) is 4.74 Å². The maximum absolute atomic E-state index is 13.7. The fraction of sp³-hybridized carbons (Fsp3) is 0.444. The van der Waals surface area contributed by atoms with Gasteiger partial charge < -0.3 is 9.84 Å². The minimum Gasteiger partial charge on any atom is -0.490 e. The van der Waals surface area contributed by atoms with E-state index in [1.165, 1.54) is 16.7 Å². The molecule has 0 saturated carbocycles. The van der Waals surface area contributed by atoms with Gasteiger partial charge in [0.15, 0.2) is 11.4 Å². The molecule has 0 spiro atoms. The van der Waals surface area contributed by atoms with Crippen LogP contribution in [0.15, 0.2) is 23.0 Å². The number of hydrogen-bond donors (Lipinski definition) is 1. The second kappa shape index (κ2) is 7.47. The highest BCUT2D eigenvalue weighted by Gasteiger charge is 2.24. The Bertz CT molecular complexity index is 811. The van der Waals surface area contributed by atoms with Crippen LogP contribution in [0.25, 0.3) is 10.8 Å². The number of unbranched alkanes of at least 4 members (excludes halogenated alkanes) is 1. The Kier molecular flexibility index (Phi) is 5.59. The first-order chi connectivity index (χ1) is 11.4. The van der Waals surface area contributed by atoms with Gasteiger partial charge in [-0.05, 0) is 30.5 Å². The van der Waals surface area contributed by atoms with Crippen molar-refractivity contribution in [2.24, 2.45) is 5.92 Å². The maximum Gasteiger partial charge on any atom is 0.356 e. The molecule has 1 aromatic heterocycles. The number of nitrogens with zero attached hydrogens (tertiary/aromatic N) is 1. The van der Waals surface area contributed by atoms with Crippen LogP contribution in [0, 0.1) is 11.7 Å². The molecular formula is C18H22FNO4. The van der Waals surface area contributed by atoms with Crippen LogP contribution in [0.1, 0.15) is 44.1 Å². The molecule has 1 heterocycles. The molecule has 130 valence electrons.